The molecule has 21 heavy (non-hydrogen) atoms. The minimum Gasteiger partial charge on any atom is -0.409 e. The lowest BCUT2D eigenvalue weighted by molar-refractivity contribution is 0.0982. The summed E-state index contributed by atoms with van der Waals surface area (Å²) in [6.07, 6.45) is 5.99. The lowest BCUT2D eigenvalue weighted by Crippen LogP contribution is -2.51. The van der Waals surface area contributed by atoms with Crippen LogP contribution in [0.3, 0.4) is 0 Å². The summed E-state index contributed by atoms with van der Waals surface area (Å²) in [5, 5.41) is 24.9. The van der Waals surface area contributed by atoms with Gasteiger partial charge in [-0.3, -0.25) is 4.98 Å². The molecule has 2 unspecified atom stereocenters. The molecule has 116 valence electrons. The molecular formula is C15H24N4O2. The number of rotatable bonds is 5. The van der Waals surface area contributed by atoms with Gasteiger partial charge in [0, 0.05) is 18.3 Å². The van der Waals surface area contributed by atoms with E-state index in [-0.39, 0.29) is 18.0 Å². The molecule has 0 aliphatic heterocycles. The van der Waals surface area contributed by atoms with E-state index in [0.29, 0.717) is 18.2 Å². The largest absolute Gasteiger partial charge is 0.409 e. The number of nitrogens with zero attached hydrogens (tertiary/aromatic N) is 2. The highest BCUT2D eigenvalue weighted by Gasteiger charge is 2.33. The summed E-state index contributed by atoms with van der Waals surface area (Å²) in [5.41, 5.74) is 6.80. The molecule has 1 aliphatic carbocycles. The van der Waals surface area contributed by atoms with Gasteiger partial charge in [-0.15, -0.1) is 0 Å². The first-order valence-corrected chi connectivity index (χ1v) is 7.37. The number of hydrogen-bond donors (Lipinski definition) is 4. The van der Waals surface area contributed by atoms with E-state index in [1.165, 1.54) is 6.42 Å². The van der Waals surface area contributed by atoms with Gasteiger partial charge in [0.25, 0.3) is 0 Å². The maximum atomic E-state index is 9.77. The molecule has 6 nitrogen and oxygen atoms in total. The number of amidine groups is 1. The van der Waals surface area contributed by atoms with Crippen LogP contribution in [0.5, 0.6) is 0 Å². The van der Waals surface area contributed by atoms with Crippen LogP contribution in [-0.2, 0) is 6.54 Å². The first-order chi connectivity index (χ1) is 10.1. The number of aliphatic hydroxyl groups excluding tert-OH is 1. The van der Waals surface area contributed by atoms with E-state index in [0.717, 1.165) is 24.8 Å². The van der Waals surface area contributed by atoms with Gasteiger partial charge >= 0.3 is 0 Å². The van der Waals surface area contributed by atoms with Gasteiger partial charge in [-0.05, 0) is 36.5 Å². The minimum absolute atomic E-state index is 0.00000932. The van der Waals surface area contributed by atoms with E-state index in [4.69, 9.17) is 10.9 Å². The highest BCUT2D eigenvalue weighted by Crippen LogP contribution is 2.32. The van der Waals surface area contributed by atoms with E-state index in [1.54, 1.807) is 12.3 Å². The Morgan fingerprint density at radius 1 is 1.62 bits per heavy atom. The Balaban J connectivity index is 2.04. The van der Waals surface area contributed by atoms with Crippen molar-refractivity contribution in [3.05, 3.63) is 29.6 Å². The molecule has 1 aromatic heterocycles. The molecule has 0 bridgehead atoms. The molecule has 6 heteroatoms. The number of hydrogen-bond acceptors (Lipinski definition) is 5. The molecule has 1 aliphatic rings. The van der Waals surface area contributed by atoms with Crippen molar-refractivity contribution < 1.29 is 10.3 Å². The number of pyridine rings is 1. The number of nitrogens with two attached hydrogens (primary N) is 1. The summed E-state index contributed by atoms with van der Waals surface area (Å²) >= 11 is 0. The Morgan fingerprint density at radius 3 is 3.10 bits per heavy atom. The smallest absolute Gasteiger partial charge is 0.188 e. The number of oxime groups is 1. The van der Waals surface area contributed by atoms with Gasteiger partial charge in [-0.2, -0.15) is 0 Å². The van der Waals surface area contributed by atoms with Crippen LogP contribution in [0.15, 0.2) is 23.5 Å². The molecule has 1 aromatic rings. The van der Waals surface area contributed by atoms with Gasteiger partial charge in [0.1, 0.15) is 5.69 Å². The fourth-order valence-corrected chi connectivity index (χ4v) is 3.09. The van der Waals surface area contributed by atoms with Crippen molar-refractivity contribution in [3.63, 3.8) is 0 Å². The first-order valence-electron chi connectivity index (χ1n) is 7.37. The van der Waals surface area contributed by atoms with Crippen LogP contribution in [-0.4, -0.2) is 33.3 Å². The molecule has 2 rings (SSSR count). The van der Waals surface area contributed by atoms with Crippen LogP contribution >= 0.6 is 0 Å². The monoisotopic (exact) mass is 292 g/mol. The van der Waals surface area contributed by atoms with E-state index in [2.05, 4.69) is 22.4 Å². The summed E-state index contributed by atoms with van der Waals surface area (Å²) in [6, 6.07) is 3.68. The molecule has 0 saturated heterocycles. The molecule has 2 atom stereocenters. The van der Waals surface area contributed by atoms with Crippen LogP contribution < -0.4 is 11.1 Å². The Kier molecular flexibility index (Phi) is 5.14. The van der Waals surface area contributed by atoms with Crippen LogP contribution in [0.4, 0.5) is 0 Å². The van der Waals surface area contributed by atoms with Crippen molar-refractivity contribution in [1.29, 1.82) is 0 Å². The highest BCUT2D eigenvalue weighted by atomic mass is 16.4. The molecular weight excluding hydrogens is 268 g/mol. The van der Waals surface area contributed by atoms with Crippen molar-refractivity contribution in [1.82, 2.24) is 10.3 Å². The molecule has 1 fully saturated rings. The highest BCUT2D eigenvalue weighted by molar-refractivity contribution is 5.95. The maximum absolute atomic E-state index is 9.77. The van der Waals surface area contributed by atoms with E-state index >= 15 is 0 Å². The van der Waals surface area contributed by atoms with E-state index in [1.807, 2.05) is 6.07 Å². The zero-order valence-electron chi connectivity index (χ0n) is 12.4. The van der Waals surface area contributed by atoms with Crippen molar-refractivity contribution in [3.8, 4) is 0 Å². The Morgan fingerprint density at radius 2 is 2.43 bits per heavy atom. The van der Waals surface area contributed by atoms with Crippen LogP contribution in [0.2, 0.25) is 0 Å². The average Bonchev–Trinajstić information content (AvgIpc) is 2.52. The second-order valence-electron chi connectivity index (χ2n) is 6.03. The number of aromatic nitrogens is 1. The van der Waals surface area contributed by atoms with Gasteiger partial charge in [0.05, 0.1) is 6.61 Å². The fraction of sp³-hybridized carbons (Fsp3) is 0.600. The normalized spacial score (nSPS) is 26.8. The SMILES string of the molecule is CC1CCCC(CO)(NCc2ccnc(C(N)=NO)c2)C1. The topological polar surface area (TPSA) is 104 Å². The van der Waals surface area contributed by atoms with Crippen molar-refractivity contribution in [2.75, 3.05) is 6.61 Å². The van der Waals surface area contributed by atoms with Crippen LogP contribution in [0.1, 0.15) is 43.9 Å². The molecule has 0 aromatic carbocycles. The van der Waals surface area contributed by atoms with Crippen molar-refractivity contribution >= 4 is 5.84 Å². The van der Waals surface area contributed by atoms with Gasteiger partial charge < -0.3 is 21.4 Å². The third-order valence-corrected chi connectivity index (χ3v) is 4.26. The number of aliphatic hydroxyl groups is 1. The maximum Gasteiger partial charge on any atom is 0.188 e. The summed E-state index contributed by atoms with van der Waals surface area (Å²) in [5.74, 6) is 0.628. The lowest BCUT2D eigenvalue weighted by Gasteiger charge is -2.39. The van der Waals surface area contributed by atoms with Crippen molar-refractivity contribution in [2.24, 2.45) is 16.8 Å². The lowest BCUT2D eigenvalue weighted by atomic mass is 9.77. The summed E-state index contributed by atoms with van der Waals surface area (Å²) in [6.45, 7) is 3.01. The molecule has 0 spiro atoms. The number of nitrogens with one attached hydrogen (secondary N) is 1. The first kappa shape index (κ1) is 15.7. The second kappa shape index (κ2) is 6.87. The predicted octanol–water partition coefficient (Wildman–Crippen LogP) is 1.21. The fourth-order valence-electron chi connectivity index (χ4n) is 3.09. The third-order valence-electron chi connectivity index (χ3n) is 4.26. The Bertz CT molecular complexity index is 506. The molecule has 1 saturated carbocycles. The molecule has 0 radical (unpaired) electrons. The summed E-state index contributed by atoms with van der Waals surface area (Å²) < 4.78 is 0. The van der Waals surface area contributed by atoms with E-state index < -0.39 is 0 Å². The average molecular weight is 292 g/mol. The van der Waals surface area contributed by atoms with Crippen LogP contribution in [0, 0.1) is 5.92 Å². The Hall–Kier alpha value is -1.66. The van der Waals surface area contributed by atoms with Gasteiger partial charge in [0.2, 0.25) is 0 Å². The summed E-state index contributed by atoms with van der Waals surface area (Å²) in [4.78, 5) is 4.06. The van der Waals surface area contributed by atoms with Crippen molar-refractivity contribution in [2.45, 2.75) is 44.7 Å². The van der Waals surface area contributed by atoms with Gasteiger partial charge in [-0.25, -0.2) is 0 Å². The second-order valence-corrected chi connectivity index (χ2v) is 6.03. The molecule has 1 heterocycles. The van der Waals surface area contributed by atoms with Crippen LogP contribution in [0.25, 0.3) is 0 Å². The van der Waals surface area contributed by atoms with Gasteiger partial charge in [-0.1, -0.05) is 24.9 Å². The predicted molar refractivity (Wildman–Crippen MR) is 81.0 cm³/mol. The van der Waals surface area contributed by atoms with Gasteiger partial charge in [0.15, 0.2) is 5.84 Å². The van der Waals surface area contributed by atoms with E-state index in [9.17, 15) is 5.11 Å². The zero-order valence-corrected chi connectivity index (χ0v) is 12.4. The third kappa shape index (κ3) is 3.92. The Labute approximate surface area is 125 Å². The minimum atomic E-state index is -0.197. The standard InChI is InChI=1S/C15H24N4O2/c1-11-3-2-5-15(8-11,10-20)18-9-12-4-6-17-13(7-12)14(16)19-21/h4,6-7,11,18,20-21H,2-3,5,8-10H2,1H3,(H2,16,19). The molecule has 0 amide bonds. The zero-order chi connectivity index (χ0) is 15.3. The molecule has 5 N–H and O–H groups in total. The summed E-state index contributed by atoms with van der Waals surface area (Å²) in [7, 11) is 0. The quantitative estimate of drug-likeness (QED) is 0.283.